The zero-order chi connectivity index (χ0) is 18.4. The largest absolute Gasteiger partial charge is 0.465 e. The molecule has 1 amide bonds. The third-order valence-corrected chi connectivity index (χ3v) is 3.62. The molecular formula is C21H16N2O3. The van der Waals surface area contributed by atoms with Gasteiger partial charge >= 0.3 is 0 Å². The molecule has 0 fully saturated rings. The minimum absolute atomic E-state index is 0.245. The first-order chi connectivity index (χ1) is 12.6. The molecule has 1 N–H and O–H groups in total. The van der Waals surface area contributed by atoms with Gasteiger partial charge in [-0.1, -0.05) is 0 Å². The lowest BCUT2D eigenvalue weighted by molar-refractivity contribution is -0.111. The Morgan fingerprint density at radius 2 is 1.92 bits per heavy atom. The fraction of sp³-hybridized carbons (Fsp3) is 0.0476. The van der Waals surface area contributed by atoms with Crippen molar-refractivity contribution in [3.8, 4) is 17.6 Å². The van der Waals surface area contributed by atoms with E-state index in [0.717, 1.165) is 5.56 Å². The van der Waals surface area contributed by atoms with E-state index in [1.807, 2.05) is 13.0 Å². The summed E-state index contributed by atoms with van der Waals surface area (Å²) in [5, 5.41) is 11.6. The zero-order valence-corrected chi connectivity index (χ0v) is 14.1. The number of anilines is 1. The first-order valence-electron chi connectivity index (χ1n) is 7.95. The van der Waals surface area contributed by atoms with Crippen molar-refractivity contribution in [1.82, 2.24) is 0 Å². The van der Waals surface area contributed by atoms with Gasteiger partial charge in [0, 0.05) is 11.8 Å². The van der Waals surface area contributed by atoms with E-state index in [1.54, 1.807) is 60.9 Å². The highest BCUT2D eigenvalue weighted by atomic mass is 16.5. The van der Waals surface area contributed by atoms with Crippen LogP contribution in [0.2, 0.25) is 0 Å². The van der Waals surface area contributed by atoms with Crippen LogP contribution in [0.4, 0.5) is 5.69 Å². The van der Waals surface area contributed by atoms with E-state index >= 15 is 0 Å². The number of nitrogens with one attached hydrogen (secondary N) is 1. The molecule has 3 aromatic rings. The van der Waals surface area contributed by atoms with Crippen molar-refractivity contribution in [3.05, 3.63) is 83.8 Å². The van der Waals surface area contributed by atoms with Gasteiger partial charge in [0.25, 0.3) is 0 Å². The van der Waals surface area contributed by atoms with Gasteiger partial charge in [-0.2, -0.15) is 5.26 Å². The summed E-state index contributed by atoms with van der Waals surface area (Å²) in [6, 6.07) is 17.9. The average Bonchev–Trinajstić information content (AvgIpc) is 3.16. The van der Waals surface area contributed by atoms with Crippen molar-refractivity contribution < 1.29 is 13.9 Å². The lowest BCUT2D eigenvalue weighted by atomic mass is 10.2. The molecule has 1 aromatic heterocycles. The second-order valence-electron chi connectivity index (χ2n) is 5.55. The molecule has 0 aliphatic carbocycles. The molecule has 0 aliphatic heterocycles. The minimum Gasteiger partial charge on any atom is -0.465 e. The van der Waals surface area contributed by atoms with Crippen LogP contribution in [0.25, 0.3) is 6.08 Å². The molecule has 0 unspecified atom stereocenters. The van der Waals surface area contributed by atoms with Crippen LogP contribution in [0.5, 0.6) is 11.5 Å². The molecular weight excluding hydrogens is 328 g/mol. The van der Waals surface area contributed by atoms with E-state index in [-0.39, 0.29) is 5.91 Å². The molecule has 1 heterocycles. The topological polar surface area (TPSA) is 75.3 Å². The highest BCUT2D eigenvalue weighted by Gasteiger charge is 2.05. The number of carbonyl (C=O) groups excluding carboxylic acids is 1. The summed E-state index contributed by atoms with van der Waals surface area (Å²) in [5.74, 6) is 1.66. The van der Waals surface area contributed by atoms with Crippen LogP contribution >= 0.6 is 0 Å². The fourth-order valence-corrected chi connectivity index (χ4v) is 2.29. The minimum atomic E-state index is -0.245. The van der Waals surface area contributed by atoms with Gasteiger partial charge in [-0.05, 0) is 73.2 Å². The molecule has 0 spiro atoms. The molecule has 3 rings (SSSR count). The van der Waals surface area contributed by atoms with Gasteiger partial charge in [0.2, 0.25) is 5.91 Å². The van der Waals surface area contributed by atoms with Crippen molar-refractivity contribution in [2.45, 2.75) is 6.92 Å². The van der Waals surface area contributed by atoms with E-state index < -0.39 is 0 Å². The lowest BCUT2D eigenvalue weighted by Crippen LogP contribution is -2.08. The maximum Gasteiger partial charge on any atom is 0.248 e. The van der Waals surface area contributed by atoms with E-state index in [2.05, 4.69) is 11.4 Å². The Labute approximate surface area is 151 Å². The number of hydrogen-bond acceptors (Lipinski definition) is 4. The lowest BCUT2D eigenvalue weighted by Gasteiger charge is -2.10. The third-order valence-electron chi connectivity index (χ3n) is 3.62. The Kier molecular flexibility index (Phi) is 5.16. The quantitative estimate of drug-likeness (QED) is 0.668. The summed E-state index contributed by atoms with van der Waals surface area (Å²) in [6.45, 7) is 1.89. The number of ether oxygens (including phenoxy) is 1. The van der Waals surface area contributed by atoms with Gasteiger partial charge in [-0.3, -0.25) is 4.79 Å². The molecule has 0 atom stereocenters. The molecule has 0 radical (unpaired) electrons. The number of carbonyl (C=O) groups is 1. The summed E-state index contributed by atoms with van der Waals surface area (Å²) < 4.78 is 10.9. The van der Waals surface area contributed by atoms with E-state index in [9.17, 15) is 4.79 Å². The van der Waals surface area contributed by atoms with Crippen molar-refractivity contribution in [2.24, 2.45) is 0 Å². The van der Waals surface area contributed by atoms with Gasteiger partial charge < -0.3 is 14.5 Å². The summed E-state index contributed by atoms with van der Waals surface area (Å²) in [6.07, 6.45) is 4.57. The number of amides is 1. The number of rotatable bonds is 5. The number of nitrogens with zero attached hydrogens (tertiary/aromatic N) is 1. The van der Waals surface area contributed by atoms with Crippen LogP contribution < -0.4 is 10.1 Å². The Hall–Kier alpha value is -3.78. The molecule has 5 heteroatoms. The third kappa shape index (κ3) is 4.40. The van der Waals surface area contributed by atoms with E-state index in [4.69, 9.17) is 14.4 Å². The molecule has 128 valence electrons. The zero-order valence-electron chi connectivity index (χ0n) is 14.1. The van der Waals surface area contributed by atoms with Crippen molar-refractivity contribution in [1.29, 1.82) is 5.26 Å². The highest BCUT2D eigenvalue weighted by molar-refractivity contribution is 6.02. The van der Waals surface area contributed by atoms with Gasteiger partial charge in [-0.15, -0.1) is 0 Å². The summed E-state index contributed by atoms with van der Waals surface area (Å²) in [5.41, 5.74) is 2.15. The van der Waals surface area contributed by atoms with Crippen molar-refractivity contribution >= 4 is 17.7 Å². The normalized spacial score (nSPS) is 10.5. The average molecular weight is 344 g/mol. The van der Waals surface area contributed by atoms with Crippen molar-refractivity contribution in [2.75, 3.05) is 5.32 Å². The Morgan fingerprint density at radius 1 is 1.15 bits per heavy atom. The SMILES string of the molecule is Cc1cc(Oc2ccc(C#N)cc2)ccc1NC(=O)C=Cc1ccco1. The maximum atomic E-state index is 12.0. The smallest absolute Gasteiger partial charge is 0.248 e. The van der Waals surface area contributed by atoms with Crippen LogP contribution in [0, 0.1) is 18.3 Å². The maximum absolute atomic E-state index is 12.0. The molecule has 0 bridgehead atoms. The molecule has 0 saturated heterocycles. The molecule has 0 aliphatic rings. The highest BCUT2D eigenvalue weighted by Crippen LogP contribution is 2.26. The second kappa shape index (κ2) is 7.86. The van der Waals surface area contributed by atoms with Gasteiger partial charge in [0.1, 0.15) is 17.3 Å². The van der Waals surface area contributed by atoms with E-state index in [0.29, 0.717) is 28.5 Å². The van der Waals surface area contributed by atoms with Gasteiger partial charge in [0.05, 0.1) is 17.9 Å². The summed E-state index contributed by atoms with van der Waals surface area (Å²) >= 11 is 0. The number of nitriles is 1. The molecule has 0 saturated carbocycles. The number of hydrogen-bond donors (Lipinski definition) is 1. The standard InChI is InChI=1S/C21H16N2O3/c1-15-13-19(26-18-6-4-16(14-22)5-7-18)8-10-20(15)23-21(24)11-9-17-3-2-12-25-17/h2-13H,1H3,(H,23,24). The van der Waals surface area contributed by atoms with Gasteiger partial charge in [-0.25, -0.2) is 0 Å². The monoisotopic (exact) mass is 344 g/mol. The summed E-state index contributed by atoms with van der Waals surface area (Å²) in [7, 11) is 0. The number of benzene rings is 2. The van der Waals surface area contributed by atoms with Crippen LogP contribution in [0.3, 0.4) is 0 Å². The van der Waals surface area contributed by atoms with Crippen LogP contribution in [-0.2, 0) is 4.79 Å². The van der Waals surface area contributed by atoms with Crippen molar-refractivity contribution in [3.63, 3.8) is 0 Å². The van der Waals surface area contributed by atoms with Crippen LogP contribution in [0.1, 0.15) is 16.9 Å². The first-order valence-corrected chi connectivity index (χ1v) is 7.95. The number of furan rings is 1. The molecule has 2 aromatic carbocycles. The predicted molar refractivity (Wildman–Crippen MR) is 98.8 cm³/mol. The van der Waals surface area contributed by atoms with Crippen LogP contribution in [-0.4, -0.2) is 5.91 Å². The Morgan fingerprint density at radius 3 is 2.58 bits per heavy atom. The Bertz CT molecular complexity index is 965. The van der Waals surface area contributed by atoms with E-state index in [1.165, 1.54) is 6.08 Å². The van der Waals surface area contributed by atoms with Gasteiger partial charge in [0.15, 0.2) is 0 Å². The summed E-state index contributed by atoms with van der Waals surface area (Å²) in [4.78, 5) is 12.0. The Balaban J connectivity index is 1.65. The number of aryl methyl sites for hydroxylation is 1. The fourth-order valence-electron chi connectivity index (χ4n) is 2.29. The van der Waals surface area contributed by atoms with Crippen LogP contribution in [0.15, 0.2) is 71.4 Å². The first kappa shape index (κ1) is 17.1. The predicted octanol–water partition coefficient (Wildman–Crippen LogP) is 4.90. The molecule has 5 nitrogen and oxygen atoms in total. The molecule has 26 heavy (non-hydrogen) atoms. The second-order valence-corrected chi connectivity index (χ2v) is 5.55.